The van der Waals surface area contributed by atoms with Crippen molar-refractivity contribution < 1.29 is 4.74 Å². The number of rotatable bonds is 2. The number of fused-ring (bicyclic) bond motifs is 1. The molecule has 0 spiro atoms. The van der Waals surface area contributed by atoms with E-state index in [1.165, 1.54) is 11.4 Å². The molecule has 2 unspecified atom stereocenters. The third-order valence-electron chi connectivity index (χ3n) is 3.54. The lowest BCUT2D eigenvalue weighted by atomic mass is 10.1. The van der Waals surface area contributed by atoms with Crippen LogP contribution < -0.4 is 5.73 Å². The van der Waals surface area contributed by atoms with Crippen LogP contribution in [0.3, 0.4) is 0 Å². The zero-order valence-electron chi connectivity index (χ0n) is 8.85. The lowest BCUT2D eigenvalue weighted by Gasteiger charge is -2.09. The molecule has 1 aromatic heterocycles. The van der Waals surface area contributed by atoms with Gasteiger partial charge in [-0.3, -0.25) is 0 Å². The average Bonchev–Trinajstić information content (AvgIpc) is 2.93. The van der Waals surface area contributed by atoms with E-state index in [1.54, 1.807) is 0 Å². The minimum Gasteiger partial charge on any atom is -0.372 e. The van der Waals surface area contributed by atoms with Gasteiger partial charge in [-0.2, -0.15) is 0 Å². The topological polar surface area (TPSA) is 53.1 Å². The van der Waals surface area contributed by atoms with Crippen molar-refractivity contribution in [2.45, 2.75) is 37.8 Å². The molecule has 2 aliphatic rings. The van der Waals surface area contributed by atoms with Crippen molar-refractivity contribution in [3.63, 3.8) is 0 Å². The van der Waals surface area contributed by atoms with E-state index in [4.69, 9.17) is 10.5 Å². The van der Waals surface area contributed by atoms with Gasteiger partial charge in [-0.1, -0.05) is 0 Å². The summed E-state index contributed by atoms with van der Waals surface area (Å²) in [7, 11) is 0. The number of hydrogen-bond donors (Lipinski definition) is 1. The molecule has 3 heterocycles. The Bertz CT molecular complexity index is 355. The Morgan fingerprint density at radius 1 is 1.53 bits per heavy atom. The van der Waals surface area contributed by atoms with E-state index in [0.717, 1.165) is 32.3 Å². The van der Waals surface area contributed by atoms with Gasteiger partial charge in [0.25, 0.3) is 0 Å². The Morgan fingerprint density at radius 2 is 2.47 bits per heavy atom. The number of nitrogens with zero attached hydrogens (tertiary/aromatic N) is 2. The van der Waals surface area contributed by atoms with Gasteiger partial charge in [0.15, 0.2) is 0 Å². The minimum absolute atomic E-state index is 0.248. The molecule has 0 amide bonds. The summed E-state index contributed by atoms with van der Waals surface area (Å²) in [5.41, 5.74) is 8.26. The molecule has 0 bridgehead atoms. The molecule has 82 valence electrons. The standard InChI is InChI=1S/C11H17N3O/c12-6-8-3-4-9-11(13-7-14(8)9)10-2-1-5-15-10/h7-8,10H,1-6,12H2. The zero-order chi connectivity index (χ0) is 10.3. The molecule has 0 saturated carbocycles. The van der Waals surface area contributed by atoms with Gasteiger partial charge in [-0.05, 0) is 25.7 Å². The summed E-state index contributed by atoms with van der Waals surface area (Å²) in [4.78, 5) is 4.50. The molecule has 0 radical (unpaired) electrons. The fraction of sp³-hybridized carbons (Fsp3) is 0.727. The maximum atomic E-state index is 5.73. The Hall–Kier alpha value is -0.870. The summed E-state index contributed by atoms with van der Waals surface area (Å²) in [5.74, 6) is 0. The first-order valence-corrected chi connectivity index (χ1v) is 5.77. The average molecular weight is 207 g/mol. The Labute approximate surface area is 89.4 Å². The van der Waals surface area contributed by atoms with E-state index < -0.39 is 0 Å². The van der Waals surface area contributed by atoms with Crippen LogP contribution in [0.15, 0.2) is 6.33 Å². The number of ether oxygens (including phenoxy) is 1. The Kier molecular flexibility index (Phi) is 2.25. The molecular formula is C11H17N3O. The molecule has 0 aromatic carbocycles. The molecule has 1 fully saturated rings. The number of nitrogens with two attached hydrogens (primary N) is 1. The van der Waals surface area contributed by atoms with Crippen LogP contribution in [0.5, 0.6) is 0 Å². The third kappa shape index (κ3) is 1.40. The van der Waals surface area contributed by atoms with E-state index in [0.29, 0.717) is 12.6 Å². The van der Waals surface area contributed by atoms with E-state index in [1.807, 2.05) is 6.33 Å². The molecule has 2 atom stereocenters. The van der Waals surface area contributed by atoms with E-state index in [2.05, 4.69) is 9.55 Å². The molecular weight excluding hydrogens is 190 g/mol. The van der Waals surface area contributed by atoms with Crippen LogP contribution >= 0.6 is 0 Å². The smallest absolute Gasteiger partial charge is 0.101 e. The van der Waals surface area contributed by atoms with Crippen molar-refractivity contribution in [1.29, 1.82) is 0 Å². The second-order valence-electron chi connectivity index (χ2n) is 4.41. The van der Waals surface area contributed by atoms with Gasteiger partial charge in [0.1, 0.15) is 6.10 Å². The van der Waals surface area contributed by atoms with Gasteiger partial charge in [0.2, 0.25) is 0 Å². The van der Waals surface area contributed by atoms with Crippen LogP contribution in [0.25, 0.3) is 0 Å². The van der Waals surface area contributed by atoms with Crippen LogP contribution in [-0.2, 0) is 11.2 Å². The van der Waals surface area contributed by atoms with E-state index in [9.17, 15) is 0 Å². The van der Waals surface area contributed by atoms with Gasteiger partial charge >= 0.3 is 0 Å². The summed E-state index contributed by atoms with van der Waals surface area (Å²) in [6, 6.07) is 0.461. The molecule has 4 nitrogen and oxygen atoms in total. The zero-order valence-corrected chi connectivity index (χ0v) is 8.85. The highest BCUT2D eigenvalue weighted by Gasteiger charge is 2.29. The summed E-state index contributed by atoms with van der Waals surface area (Å²) >= 11 is 0. The van der Waals surface area contributed by atoms with E-state index in [-0.39, 0.29) is 6.10 Å². The number of aromatic nitrogens is 2. The molecule has 4 heteroatoms. The molecule has 1 aromatic rings. The maximum Gasteiger partial charge on any atom is 0.101 e. The molecule has 0 aliphatic carbocycles. The van der Waals surface area contributed by atoms with Crippen LogP contribution in [0, 0.1) is 0 Å². The SMILES string of the molecule is NCC1CCc2c(C3CCCO3)ncn21. The lowest BCUT2D eigenvalue weighted by molar-refractivity contribution is 0.108. The van der Waals surface area contributed by atoms with Crippen molar-refractivity contribution in [2.75, 3.05) is 13.2 Å². The summed E-state index contributed by atoms with van der Waals surface area (Å²) in [5, 5.41) is 0. The third-order valence-corrected chi connectivity index (χ3v) is 3.54. The molecule has 2 N–H and O–H groups in total. The van der Waals surface area contributed by atoms with Gasteiger partial charge in [-0.15, -0.1) is 0 Å². The summed E-state index contributed by atoms with van der Waals surface area (Å²) in [6.07, 6.45) is 6.74. The first-order chi connectivity index (χ1) is 7.40. The molecule has 15 heavy (non-hydrogen) atoms. The molecule has 1 saturated heterocycles. The van der Waals surface area contributed by atoms with Gasteiger partial charge in [0, 0.05) is 24.9 Å². The van der Waals surface area contributed by atoms with Gasteiger partial charge in [0.05, 0.1) is 12.0 Å². The van der Waals surface area contributed by atoms with Crippen molar-refractivity contribution >= 4 is 0 Å². The predicted molar refractivity (Wildman–Crippen MR) is 56.6 cm³/mol. The fourth-order valence-electron chi connectivity index (χ4n) is 2.71. The second kappa shape index (κ2) is 3.61. The number of hydrogen-bond acceptors (Lipinski definition) is 3. The van der Waals surface area contributed by atoms with Gasteiger partial charge in [-0.25, -0.2) is 4.98 Å². The maximum absolute atomic E-state index is 5.73. The lowest BCUT2D eigenvalue weighted by Crippen LogP contribution is -2.14. The highest BCUT2D eigenvalue weighted by Crippen LogP contribution is 2.35. The Balaban J connectivity index is 1.91. The fourth-order valence-corrected chi connectivity index (χ4v) is 2.71. The first-order valence-electron chi connectivity index (χ1n) is 5.77. The van der Waals surface area contributed by atoms with Crippen LogP contribution in [0.1, 0.15) is 42.8 Å². The monoisotopic (exact) mass is 207 g/mol. The highest BCUT2D eigenvalue weighted by atomic mass is 16.5. The van der Waals surface area contributed by atoms with Crippen LogP contribution in [0.4, 0.5) is 0 Å². The summed E-state index contributed by atoms with van der Waals surface area (Å²) < 4.78 is 7.93. The van der Waals surface area contributed by atoms with Crippen molar-refractivity contribution in [3.8, 4) is 0 Å². The van der Waals surface area contributed by atoms with Crippen LogP contribution in [0.2, 0.25) is 0 Å². The predicted octanol–water partition coefficient (Wildman–Crippen LogP) is 1.18. The summed E-state index contributed by atoms with van der Waals surface area (Å²) in [6.45, 7) is 1.60. The second-order valence-corrected chi connectivity index (χ2v) is 4.41. The largest absolute Gasteiger partial charge is 0.372 e. The quantitative estimate of drug-likeness (QED) is 0.792. The first kappa shape index (κ1) is 9.36. The van der Waals surface area contributed by atoms with Crippen LogP contribution in [-0.4, -0.2) is 22.7 Å². The normalized spacial score (nSPS) is 29.7. The molecule has 2 aliphatic heterocycles. The van der Waals surface area contributed by atoms with Crippen molar-refractivity contribution in [3.05, 3.63) is 17.7 Å². The molecule has 3 rings (SSSR count). The number of imidazole rings is 1. The highest BCUT2D eigenvalue weighted by molar-refractivity contribution is 5.21. The van der Waals surface area contributed by atoms with Crippen molar-refractivity contribution in [2.24, 2.45) is 5.73 Å². The van der Waals surface area contributed by atoms with E-state index >= 15 is 0 Å². The van der Waals surface area contributed by atoms with Gasteiger partial charge < -0.3 is 15.0 Å². The minimum atomic E-state index is 0.248. The van der Waals surface area contributed by atoms with Crippen molar-refractivity contribution in [1.82, 2.24) is 9.55 Å². The Morgan fingerprint density at radius 3 is 3.20 bits per heavy atom.